The Kier molecular flexibility index (Phi) is 3.51. The molecule has 110 valence electrons. The van der Waals surface area contributed by atoms with Crippen LogP contribution in [-0.4, -0.2) is 22.2 Å². The molecule has 0 saturated carbocycles. The lowest BCUT2D eigenvalue weighted by Gasteiger charge is -2.11. The van der Waals surface area contributed by atoms with Crippen molar-refractivity contribution >= 4 is 33.5 Å². The van der Waals surface area contributed by atoms with E-state index in [0.29, 0.717) is 11.1 Å². The Morgan fingerprint density at radius 2 is 1.32 bits per heavy atom. The molecule has 22 heavy (non-hydrogen) atoms. The van der Waals surface area contributed by atoms with Crippen LogP contribution in [-0.2, 0) is 22.4 Å². The first kappa shape index (κ1) is 14.1. The second kappa shape index (κ2) is 5.48. The fraction of sp³-hybridized carbons (Fsp3) is 0.111. The Morgan fingerprint density at radius 3 is 2.00 bits per heavy atom. The van der Waals surface area contributed by atoms with Gasteiger partial charge in [0, 0.05) is 0 Å². The van der Waals surface area contributed by atoms with Crippen LogP contribution in [0.15, 0.2) is 48.5 Å². The molecule has 0 bridgehead atoms. The molecule has 0 aromatic heterocycles. The molecule has 0 aliphatic heterocycles. The average Bonchev–Trinajstić information content (AvgIpc) is 2.47. The van der Waals surface area contributed by atoms with Gasteiger partial charge in [-0.2, -0.15) is 0 Å². The van der Waals surface area contributed by atoms with E-state index in [4.69, 9.17) is 10.2 Å². The minimum absolute atomic E-state index is 0.175. The van der Waals surface area contributed by atoms with Crippen molar-refractivity contribution in [2.45, 2.75) is 12.8 Å². The first-order chi connectivity index (χ1) is 10.5. The minimum Gasteiger partial charge on any atom is -0.481 e. The van der Waals surface area contributed by atoms with Gasteiger partial charge in [-0.25, -0.2) is 0 Å². The molecule has 0 heterocycles. The average molecular weight is 294 g/mol. The van der Waals surface area contributed by atoms with E-state index < -0.39 is 11.9 Å². The molecule has 0 unspecified atom stereocenters. The maximum absolute atomic E-state index is 11.1. The SMILES string of the molecule is O=C(O)Cc1cc2ccc3ccccc3c2cc1CC(=O)O. The van der Waals surface area contributed by atoms with E-state index >= 15 is 0 Å². The summed E-state index contributed by atoms with van der Waals surface area (Å²) in [5.74, 6) is -1.93. The van der Waals surface area contributed by atoms with E-state index in [0.717, 1.165) is 21.5 Å². The summed E-state index contributed by atoms with van der Waals surface area (Å²) in [7, 11) is 0. The predicted octanol–water partition coefficient (Wildman–Crippen LogP) is 3.25. The van der Waals surface area contributed by atoms with E-state index in [-0.39, 0.29) is 12.8 Å². The van der Waals surface area contributed by atoms with Crippen LogP contribution in [0.1, 0.15) is 11.1 Å². The summed E-state index contributed by atoms with van der Waals surface area (Å²) in [6.45, 7) is 0. The van der Waals surface area contributed by atoms with Gasteiger partial charge in [0.15, 0.2) is 0 Å². The second-order valence-electron chi connectivity index (χ2n) is 5.27. The molecule has 0 fully saturated rings. The van der Waals surface area contributed by atoms with E-state index in [1.54, 1.807) is 6.07 Å². The van der Waals surface area contributed by atoms with Gasteiger partial charge < -0.3 is 10.2 Å². The number of carbonyl (C=O) groups is 2. The molecule has 3 rings (SSSR count). The first-order valence-corrected chi connectivity index (χ1v) is 6.91. The molecule has 2 N–H and O–H groups in total. The number of benzene rings is 3. The Hall–Kier alpha value is -2.88. The maximum atomic E-state index is 11.1. The molecular formula is C18H14O4. The Bertz CT molecular complexity index is 896. The largest absolute Gasteiger partial charge is 0.481 e. The van der Waals surface area contributed by atoms with Gasteiger partial charge in [0.1, 0.15) is 0 Å². The van der Waals surface area contributed by atoms with Crippen LogP contribution in [0.2, 0.25) is 0 Å². The van der Waals surface area contributed by atoms with Gasteiger partial charge in [-0.1, -0.05) is 42.5 Å². The van der Waals surface area contributed by atoms with Gasteiger partial charge >= 0.3 is 11.9 Å². The van der Waals surface area contributed by atoms with Gasteiger partial charge in [-0.15, -0.1) is 0 Å². The van der Waals surface area contributed by atoms with Crippen molar-refractivity contribution < 1.29 is 19.8 Å². The van der Waals surface area contributed by atoms with E-state index in [1.165, 1.54) is 0 Å². The molecule has 4 heteroatoms. The van der Waals surface area contributed by atoms with Crippen molar-refractivity contribution in [3.05, 3.63) is 59.7 Å². The predicted molar refractivity (Wildman–Crippen MR) is 84.1 cm³/mol. The number of hydrogen-bond acceptors (Lipinski definition) is 2. The molecule has 0 saturated heterocycles. The summed E-state index contributed by atoms with van der Waals surface area (Å²) in [5.41, 5.74) is 1.11. The zero-order valence-electron chi connectivity index (χ0n) is 11.7. The highest BCUT2D eigenvalue weighted by atomic mass is 16.4. The van der Waals surface area contributed by atoms with Crippen molar-refractivity contribution in [2.75, 3.05) is 0 Å². The zero-order chi connectivity index (χ0) is 15.7. The van der Waals surface area contributed by atoms with E-state index in [9.17, 15) is 9.59 Å². The standard InChI is InChI=1S/C18H14O4/c19-17(20)9-13-7-12-6-5-11-3-1-2-4-15(11)16(12)8-14(13)10-18(21)22/h1-8H,9-10H2,(H,19,20)(H,21,22). The first-order valence-electron chi connectivity index (χ1n) is 6.91. The molecule has 3 aromatic carbocycles. The summed E-state index contributed by atoms with van der Waals surface area (Å²) in [6, 6.07) is 15.4. The Labute approximate surface area is 126 Å². The third-order valence-corrected chi connectivity index (χ3v) is 3.75. The monoisotopic (exact) mass is 294 g/mol. The van der Waals surface area contributed by atoms with E-state index in [1.807, 2.05) is 42.5 Å². The van der Waals surface area contributed by atoms with Crippen molar-refractivity contribution in [1.82, 2.24) is 0 Å². The number of carboxylic acid groups (broad SMARTS) is 2. The number of rotatable bonds is 4. The fourth-order valence-corrected chi connectivity index (χ4v) is 2.80. The van der Waals surface area contributed by atoms with Gasteiger partial charge in [0.05, 0.1) is 12.8 Å². The molecule has 3 aromatic rings. The molecule has 0 aliphatic rings. The summed E-state index contributed by atoms with van der Waals surface area (Å²) in [6.07, 6.45) is -0.354. The van der Waals surface area contributed by atoms with Crippen LogP contribution in [0.4, 0.5) is 0 Å². The van der Waals surface area contributed by atoms with Crippen LogP contribution in [0.3, 0.4) is 0 Å². The van der Waals surface area contributed by atoms with Crippen LogP contribution in [0.25, 0.3) is 21.5 Å². The van der Waals surface area contributed by atoms with Crippen LogP contribution >= 0.6 is 0 Å². The number of fused-ring (bicyclic) bond motifs is 3. The smallest absolute Gasteiger partial charge is 0.307 e. The highest BCUT2D eigenvalue weighted by Crippen LogP contribution is 2.28. The highest BCUT2D eigenvalue weighted by Gasteiger charge is 2.13. The van der Waals surface area contributed by atoms with Crippen molar-refractivity contribution in [2.24, 2.45) is 0 Å². The summed E-state index contributed by atoms with van der Waals surface area (Å²) >= 11 is 0. The maximum Gasteiger partial charge on any atom is 0.307 e. The summed E-state index contributed by atoms with van der Waals surface area (Å²) in [5, 5.41) is 22.1. The second-order valence-corrected chi connectivity index (χ2v) is 5.27. The number of aliphatic carboxylic acids is 2. The fourth-order valence-electron chi connectivity index (χ4n) is 2.80. The van der Waals surface area contributed by atoms with Crippen molar-refractivity contribution in [3.8, 4) is 0 Å². The van der Waals surface area contributed by atoms with Crippen LogP contribution in [0, 0.1) is 0 Å². The lowest BCUT2D eigenvalue weighted by atomic mass is 9.94. The summed E-state index contributed by atoms with van der Waals surface area (Å²) in [4.78, 5) is 22.1. The van der Waals surface area contributed by atoms with E-state index in [2.05, 4.69) is 0 Å². The normalized spacial score (nSPS) is 10.9. The molecule has 0 spiro atoms. The Balaban J connectivity index is 2.29. The van der Waals surface area contributed by atoms with Crippen LogP contribution < -0.4 is 0 Å². The molecule has 0 amide bonds. The zero-order valence-corrected chi connectivity index (χ0v) is 11.7. The van der Waals surface area contributed by atoms with Gasteiger partial charge in [-0.3, -0.25) is 9.59 Å². The minimum atomic E-state index is -0.966. The molecule has 0 atom stereocenters. The van der Waals surface area contributed by atoms with Crippen molar-refractivity contribution in [1.29, 1.82) is 0 Å². The molecule has 0 aliphatic carbocycles. The molecule has 4 nitrogen and oxygen atoms in total. The van der Waals surface area contributed by atoms with Gasteiger partial charge in [-0.05, 0) is 38.7 Å². The summed E-state index contributed by atoms with van der Waals surface area (Å²) < 4.78 is 0. The molecule has 0 radical (unpaired) electrons. The highest BCUT2D eigenvalue weighted by molar-refractivity contribution is 6.08. The molecular weight excluding hydrogens is 280 g/mol. The van der Waals surface area contributed by atoms with Crippen molar-refractivity contribution in [3.63, 3.8) is 0 Å². The number of carboxylic acids is 2. The van der Waals surface area contributed by atoms with Crippen LogP contribution in [0.5, 0.6) is 0 Å². The number of hydrogen-bond donors (Lipinski definition) is 2. The Morgan fingerprint density at radius 1 is 0.727 bits per heavy atom. The lowest BCUT2D eigenvalue weighted by molar-refractivity contribution is -0.137. The third-order valence-electron chi connectivity index (χ3n) is 3.75. The van der Waals surface area contributed by atoms with Gasteiger partial charge in [0.2, 0.25) is 0 Å². The van der Waals surface area contributed by atoms with Gasteiger partial charge in [0.25, 0.3) is 0 Å². The third kappa shape index (κ3) is 2.63. The topological polar surface area (TPSA) is 74.6 Å². The quantitative estimate of drug-likeness (QED) is 0.724. The lowest BCUT2D eigenvalue weighted by Crippen LogP contribution is -2.08.